The second-order valence-corrected chi connectivity index (χ2v) is 6.22. The molecule has 3 rings (SSSR count). The second-order valence-electron chi connectivity index (χ2n) is 6.22. The summed E-state index contributed by atoms with van der Waals surface area (Å²) >= 11 is 0. The van der Waals surface area contributed by atoms with Gasteiger partial charge >= 0.3 is 0 Å². The molecule has 0 amide bonds. The summed E-state index contributed by atoms with van der Waals surface area (Å²) in [7, 11) is 0. The van der Waals surface area contributed by atoms with Crippen LogP contribution < -0.4 is 5.73 Å². The third-order valence-corrected chi connectivity index (χ3v) is 4.10. The van der Waals surface area contributed by atoms with E-state index in [1.165, 1.54) is 17.7 Å². The van der Waals surface area contributed by atoms with Crippen molar-refractivity contribution >= 4 is 0 Å². The maximum atomic E-state index is 13.2. The lowest BCUT2D eigenvalue weighted by molar-refractivity contribution is 0.627. The van der Waals surface area contributed by atoms with E-state index in [1.54, 1.807) is 12.1 Å². The molecular formula is C20H22FN3. The van der Waals surface area contributed by atoms with E-state index in [0.717, 1.165) is 22.6 Å². The molecule has 0 bridgehead atoms. The Morgan fingerprint density at radius 3 is 2.29 bits per heavy atom. The van der Waals surface area contributed by atoms with Crippen LogP contribution in [-0.4, -0.2) is 16.3 Å². The Kier molecular flexibility index (Phi) is 4.76. The molecule has 0 spiro atoms. The molecule has 0 atom stereocenters. The Balaban J connectivity index is 2.06. The first kappa shape index (κ1) is 16.4. The second kappa shape index (κ2) is 6.97. The fourth-order valence-corrected chi connectivity index (χ4v) is 2.72. The highest BCUT2D eigenvalue weighted by Gasteiger charge is 2.12. The fourth-order valence-electron chi connectivity index (χ4n) is 2.72. The van der Waals surface area contributed by atoms with E-state index in [4.69, 9.17) is 5.73 Å². The van der Waals surface area contributed by atoms with Gasteiger partial charge in [0.2, 0.25) is 0 Å². The van der Waals surface area contributed by atoms with Crippen LogP contribution in [0.3, 0.4) is 0 Å². The van der Waals surface area contributed by atoms with Crippen LogP contribution in [0.4, 0.5) is 4.39 Å². The first-order valence-electron chi connectivity index (χ1n) is 8.24. The molecule has 2 aromatic carbocycles. The zero-order valence-electron chi connectivity index (χ0n) is 14.0. The minimum atomic E-state index is -0.254. The fraction of sp³-hybridized carbons (Fsp3) is 0.250. The van der Waals surface area contributed by atoms with Gasteiger partial charge in [-0.05, 0) is 48.4 Å². The molecular weight excluding hydrogens is 301 g/mol. The summed E-state index contributed by atoms with van der Waals surface area (Å²) in [5.74, 6) is 0.241. The van der Waals surface area contributed by atoms with E-state index in [9.17, 15) is 4.39 Å². The average molecular weight is 323 g/mol. The van der Waals surface area contributed by atoms with Gasteiger partial charge in [-0.15, -0.1) is 0 Å². The molecule has 24 heavy (non-hydrogen) atoms. The predicted molar refractivity (Wildman–Crippen MR) is 95.8 cm³/mol. The molecule has 0 aliphatic carbocycles. The molecule has 0 fully saturated rings. The lowest BCUT2D eigenvalue weighted by Gasteiger charge is -2.10. The molecule has 124 valence electrons. The molecule has 0 unspecified atom stereocenters. The molecule has 0 saturated carbocycles. The van der Waals surface area contributed by atoms with Crippen molar-refractivity contribution in [2.45, 2.75) is 26.2 Å². The van der Waals surface area contributed by atoms with Crippen molar-refractivity contribution in [1.82, 2.24) is 9.78 Å². The van der Waals surface area contributed by atoms with E-state index < -0.39 is 0 Å². The minimum absolute atomic E-state index is 0.254. The summed E-state index contributed by atoms with van der Waals surface area (Å²) in [6, 6.07) is 16.9. The number of halogens is 1. The Morgan fingerprint density at radius 1 is 1.04 bits per heavy atom. The van der Waals surface area contributed by atoms with E-state index in [0.29, 0.717) is 18.9 Å². The number of nitrogens with zero attached hydrogens (tertiary/aromatic N) is 2. The van der Waals surface area contributed by atoms with Crippen molar-refractivity contribution in [1.29, 1.82) is 0 Å². The zero-order valence-corrected chi connectivity index (χ0v) is 14.0. The van der Waals surface area contributed by atoms with E-state index >= 15 is 0 Å². The normalized spacial score (nSPS) is 11.2. The molecule has 0 aliphatic rings. The van der Waals surface area contributed by atoms with E-state index in [2.05, 4.69) is 49.3 Å². The Labute approximate surface area is 141 Å². The maximum absolute atomic E-state index is 13.2. The van der Waals surface area contributed by atoms with Crippen LogP contribution in [-0.2, 0) is 6.42 Å². The molecule has 1 aromatic heterocycles. The SMILES string of the molecule is CC(C)c1ccc(-c2cc(CCN)nn2-c2ccc(F)cc2)cc1. The summed E-state index contributed by atoms with van der Waals surface area (Å²) < 4.78 is 15.1. The smallest absolute Gasteiger partial charge is 0.123 e. The Morgan fingerprint density at radius 2 is 1.71 bits per heavy atom. The van der Waals surface area contributed by atoms with Gasteiger partial charge in [-0.1, -0.05) is 38.1 Å². The van der Waals surface area contributed by atoms with Crippen molar-refractivity contribution in [3.63, 3.8) is 0 Å². The summed E-state index contributed by atoms with van der Waals surface area (Å²) in [5.41, 5.74) is 10.8. The van der Waals surface area contributed by atoms with E-state index in [1.807, 2.05) is 4.68 Å². The van der Waals surface area contributed by atoms with E-state index in [-0.39, 0.29) is 5.82 Å². The molecule has 1 heterocycles. The van der Waals surface area contributed by atoms with Gasteiger partial charge < -0.3 is 5.73 Å². The molecule has 0 aliphatic heterocycles. The molecule has 0 saturated heterocycles. The highest BCUT2D eigenvalue weighted by atomic mass is 19.1. The first-order valence-corrected chi connectivity index (χ1v) is 8.24. The molecule has 0 radical (unpaired) electrons. The summed E-state index contributed by atoms with van der Waals surface area (Å²) in [6.45, 7) is 4.90. The molecule has 3 aromatic rings. The largest absolute Gasteiger partial charge is 0.330 e. The summed E-state index contributed by atoms with van der Waals surface area (Å²) in [6.07, 6.45) is 0.714. The van der Waals surface area contributed by atoms with Crippen LogP contribution in [0.15, 0.2) is 54.6 Å². The molecule has 4 heteroatoms. The van der Waals surface area contributed by atoms with Gasteiger partial charge in [0.15, 0.2) is 0 Å². The van der Waals surface area contributed by atoms with Gasteiger partial charge in [0.25, 0.3) is 0 Å². The highest BCUT2D eigenvalue weighted by molar-refractivity contribution is 5.63. The van der Waals surface area contributed by atoms with Crippen molar-refractivity contribution in [2.24, 2.45) is 5.73 Å². The quantitative estimate of drug-likeness (QED) is 0.760. The Hall–Kier alpha value is -2.46. The van der Waals surface area contributed by atoms with Crippen LogP contribution in [0.1, 0.15) is 31.0 Å². The lowest BCUT2D eigenvalue weighted by Crippen LogP contribution is -2.04. The third-order valence-electron chi connectivity index (χ3n) is 4.10. The van der Waals surface area contributed by atoms with Crippen LogP contribution in [0, 0.1) is 5.82 Å². The summed E-state index contributed by atoms with van der Waals surface area (Å²) in [5, 5.41) is 4.65. The maximum Gasteiger partial charge on any atom is 0.123 e. The van der Waals surface area contributed by atoms with Gasteiger partial charge in [0.05, 0.1) is 17.1 Å². The van der Waals surface area contributed by atoms with Gasteiger partial charge in [0, 0.05) is 12.0 Å². The minimum Gasteiger partial charge on any atom is -0.330 e. The number of hydrogen-bond donors (Lipinski definition) is 1. The zero-order chi connectivity index (χ0) is 17.1. The monoisotopic (exact) mass is 323 g/mol. The first-order chi connectivity index (χ1) is 11.6. The third kappa shape index (κ3) is 3.39. The average Bonchev–Trinajstić information content (AvgIpc) is 3.00. The molecule has 2 N–H and O–H groups in total. The number of rotatable bonds is 5. The van der Waals surface area contributed by atoms with Crippen molar-refractivity contribution in [3.8, 4) is 16.9 Å². The lowest BCUT2D eigenvalue weighted by atomic mass is 10.0. The van der Waals surface area contributed by atoms with Crippen LogP contribution in [0.5, 0.6) is 0 Å². The number of aromatic nitrogens is 2. The number of nitrogens with two attached hydrogens (primary N) is 1. The van der Waals surface area contributed by atoms with Gasteiger partial charge in [-0.3, -0.25) is 0 Å². The summed E-state index contributed by atoms with van der Waals surface area (Å²) in [4.78, 5) is 0. The van der Waals surface area contributed by atoms with Crippen molar-refractivity contribution in [2.75, 3.05) is 6.54 Å². The standard InChI is InChI=1S/C20H22FN3/c1-14(2)15-3-5-16(6-4-15)20-13-18(11-12-22)23-24(20)19-9-7-17(21)8-10-19/h3-10,13-14H,11-12,22H2,1-2H3. The van der Waals surface area contributed by atoms with Crippen molar-refractivity contribution in [3.05, 3.63) is 71.7 Å². The molecule has 3 nitrogen and oxygen atoms in total. The number of hydrogen-bond acceptors (Lipinski definition) is 2. The van der Waals surface area contributed by atoms with Crippen molar-refractivity contribution < 1.29 is 4.39 Å². The van der Waals surface area contributed by atoms with Crippen LogP contribution in [0.25, 0.3) is 16.9 Å². The van der Waals surface area contributed by atoms with Gasteiger partial charge in [-0.25, -0.2) is 9.07 Å². The highest BCUT2D eigenvalue weighted by Crippen LogP contribution is 2.26. The van der Waals surface area contributed by atoms with Crippen LogP contribution in [0.2, 0.25) is 0 Å². The Bertz CT molecular complexity index is 802. The number of benzene rings is 2. The predicted octanol–water partition coefficient (Wildman–Crippen LogP) is 4.30. The topological polar surface area (TPSA) is 43.8 Å². The van der Waals surface area contributed by atoms with Gasteiger partial charge in [0.1, 0.15) is 5.82 Å². The van der Waals surface area contributed by atoms with Crippen LogP contribution >= 0.6 is 0 Å². The van der Waals surface area contributed by atoms with Gasteiger partial charge in [-0.2, -0.15) is 5.10 Å².